The summed E-state index contributed by atoms with van der Waals surface area (Å²) in [6.45, 7) is 2.03. The molecule has 0 aliphatic heterocycles. The molecule has 0 saturated heterocycles. The van der Waals surface area contributed by atoms with Gasteiger partial charge in [-0.05, 0) is 19.1 Å². The minimum atomic E-state index is 0.652. The molecule has 3 heteroatoms. The Morgan fingerprint density at radius 2 is 1.89 bits per heavy atom. The molecule has 0 atom stereocenters. The van der Waals surface area contributed by atoms with E-state index in [9.17, 15) is 4.79 Å². The minimum Gasteiger partial charge on any atom is -0.355 e. The van der Waals surface area contributed by atoms with Crippen LogP contribution in [0.1, 0.15) is 15.9 Å². The SMILES string of the molecule is Cc1ccc2noc(-c3ccc(C=O)cc3)c2c1. The van der Waals surface area contributed by atoms with Crippen LogP contribution < -0.4 is 0 Å². The Kier molecular flexibility index (Phi) is 2.45. The molecule has 88 valence electrons. The number of carbonyl (C=O) groups excluding carboxylic acids is 1. The molecule has 0 radical (unpaired) electrons. The number of rotatable bonds is 2. The summed E-state index contributed by atoms with van der Waals surface area (Å²) in [5, 5.41) is 5.03. The van der Waals surface area contributed by atoms with Crippen LogP contribution >= 0.6 is 0 Å². The Labute approximate surface area is 104 Å². The lowest BCUT2D eigenvalue weighted by atomic mass is 10.1. The zero-order chi connectivity index (χ0) is 12.5. The maximum absolute atomic E-state index is 10.6. The van der Waals surface area contributed by atoms with E-state index in [2.05, 4.69) is 11.2 Å². The zero-order valence-corrected chi connectivity index (χ0v) is 9.88. The molecule has 0 aliphatic carbocycles. The highest BCUT2D eigenvalue weighted by Crippen LogP contribution is 2.29. The molecular formula is C15H11NO2. The molecule has 0 saturated carbocycles. The Bertz CT molecular complexity index is 711. The lowest BCUT2D eigenvalue weighted by molar-refractivity contribution is 0.112. The molecular weight excluding hydrogens is 226 g/mol. The first kappa shape index (κ1) is 10.7. The minimum absolute atomic E-state index is 0.652. The van der Waals surface area contributed by atoms with E-state index in [4.69, 9.17) is 4.52 Å². The van der Waals surface area contributed by atoms with Crippen molar-refractivity contribution >= 4 is 17.2 Å². The predicted molar refractivity (Wildman–Crippen MR) is 69.6 cm³/mol. The van der Waals surface area contributed by atoms with Gasteiger partial charge in [-0.1, -0.05) is 41.1 Å². The molecule has 3 rings (SSSR count). The number of benzene rings is 2. The standard InChI is InChI=1S/C15H11NO2/c1-10-2-7-14-13(8-10)15(18-16-14)12-5-3-11(9-17)4-6-12/h2-9H,1H3. The Balaban J connectivity index is 2.18. The number of hydrogen-bond acceptors (Lipinski definition) is 3. The first-order valence-electron chi connectivity index (χ1n) is 5.69. The van der Waals surface area contributed by atoms with Crippen molar-refractivity contribution in [3.05, 3.63) is 53.6 Å². The molecule has 1 heterocycles. The summed E-state index contributed by atoms with van der Waals surface area (Å²) in [6.07, 6.45) is 0.826. The van der Waals surface area contributed by atoms with E-state index in [1.807, 2.05) is 31.2 Å². The van der Waals surface area contributed by atoms with Crippen molar-refractivity contribution in [2.24, 2.45) is 0 Å². The van der Waals surface area contributed by atoms with Crippen molar-refractivity contribution in [2.45, 2.75) is 6.92 Å². The predicted octanol–water partition coefficient (Wildman–Crippen LogP) is 3.62. The second-order valence-corrected chi connectivity index (χ2v) is 4.27. The van der Waals surface area contributed by atoms with E-state index in [1.165, 1.54) is 0 Å². The maximum Gasteiger partial charge on any atom is 0.174 e. The fraction of sp³-hybridized carbons (Fsp3) is 0.0667. The van der Waals surface area contributed by atoms with Crippen LogP contribution in [0.15, 0.2) is 47.0 Å². The van der Waals surface area contributed by atoms with Gasteiger partial charge >= 0.3 is 0 Å². The van der Waals surface area contributed by atoms with Crippen LogP contribution in [0.3, 0.4) is 0 Å². The van der Waals surface area contributed by atoms with Gasteiger partial charge in [0.05, 0.1) is 0 Å². The molecule has 18 heavy (non-hydrogen) atoms. The topological polar surface area (TPSA) is 43.1 Å². The van der Waals surface area contributed by atoms with E-state index in [0.29, 0.717) is 5.56 Å². The second-order valence-electron chi connectivity index (χ2n) is 4.27. The third-order valence-corrected chi connectivity index (χ3v) is 2.94. The molecule has 0 spiro atoms. The quantitative estimate of drug-likeness (QED) is 0.639. The van der Waals surface area contributed by atoms with Crippen molar-refractivity contribution in [1.29, 1.82) is 0 Å². The van der Waals surface area contributed by atoms with E-state index in [1.54, 1.807) is 12.1 Å². The highest BCUT2D eigenvalue weighted by atomic mass is 16.5. The van der Waals surface area contributed by atoms with E-state index in [-0.39, 0.29) is 0 Å². The summed E-state index contributed by atoms with van der Waals surface area (Å²) in [6, 6.07) is 13.3. The van der Waals surface area contributed by atoms with Crippen LogP contribution in [0.25, 0.3) is 22.2 Å². The van der Waals surface area contributed by atoms with Crippen molar-refractivity contribution in [2.75, 3.05) is 0 Å². The third-order valence-electron chi connectivity index (χ3n) is 2.94. The molecule has 0 N–H and O–H groups in total. The van der Waals surface area contributed by atoms with Gasteiger partial charge in [-0.25, -0.2) is 0 Å². The monoisotopic (exact) mass is 237 g/mol. The lowest BCUT2D eigenvalue weighted by Gasteiger charge is -1.98. The summed E-state index contributed by atoms with van der Waals surface area (Å²) in [5.41, 5.74) is 3.58. The Morgan fingerprint density at radius 3 is 2.61 bits per heavy atom. The number of hydrogen-bond donors (Lipinski definition) is 0. The van der Waals surface area contributed by atoms with Gasteiger partial charge in [-0.15, -0.1) is 0 Å². The first-order valence-corrected chi connectivity index (χ1v) is 5.69. The molecule has 0 aliphatic rings. The highest BCUT2D eigenvalue weighted by molar-refractivity contribution is 5.92. The van der Waals surface area contributed by atoms with E-state index < -0.39 is 0 Å². The average Bonchev–Trinajstić information content (AvgIpc) is 2.82. The van der Waals surface area contributed by atoms with E-state index in [0.717, 1.165) is 34.1 Å². The number of aldehydes is 1. The summed E-state index contributed by atoms with van der Waals surface area (Å²) >= 11 is 0. The van der Waals surface area contributed by atoms with Crippen LogP contribution in [-0.2, 0) is 0 Å². The van der Waals surface area contributed by atoms with Crippen LogP contribution in [0.4, 0.5) is 0 Å². The molecule has 3 nitrogen and oxygen atoms in total. The van der Waals surface area contributed by atoms with Gasteiger partial charge in [0.25, 0.3) is 0 Å². The maximum atomic E-state index is 10.6. The van der Waals surface area contributed by atoms with Crippen molar-refractivity contribution in [3.63, 3.8) is 0 Å². The average molecular weight is 237 g/mol. The second kappa shape index (κ2) is 4.11. The van der Waals surface area contributed by atoms with E-state index >= 15 is 0 Å². The smallest absolute Gasteiger partial charge is 0.174 e. The number of fused-ring (bicyclic) bond motifs is 1. The van der Waals surface area contributed by atoms with Crippen LogP contribution in [0.2, 0.25) is 0 Å². The molecule has 0 amide bonds. The van der Waals surface area contributed by atoms with Gasteiger partial charge in [-0.2, -0.15) is 0 Å². The van der Waals surface area contributed by atoms with Gasteiger partial charge < -0.3 is 4.52 Å². The van der Waals surface area contributed by atoms with Crippen molar-refractivity contribution < 1.29 is 9.32 Å². The Hall–Kier alpha value is -2.42. The van der Waals surface area contributed by atoms with Crippen LogP contribution in [0, 0.1) is 6.92 Å². The third kappa shape index (κ3) is 1.70. The Morgan fingerprint density at radius 1 is 1.11 bits per heavy atom. The van der Waals surface area contributed by atoms with Gasteiger partial charge in [0, 0.05) is 16.5 Å². The highest BCUT2D eigenvalue weighted by Gasteiger charge is 2.10. The lowest BCUT2D eigenvalue weighted by Crippen LogP contribution is -1.80. The van der Waals surface area contributed by atoms with Gasteiger partial charge in [0.1, 0.15) is 11.8 Å². The van der Waals surface area contributed by atoms with Crippen molar-refractivity contribution in [1.82, 2.24) is 5.16 Å². The summed E-state index contributed by atoms with van der Waals surface area (Å²) in [4.78, 5) is 10.6. The summed E-state index contributed by atoms with van der Waals surface area (Å²) in [7, 11) is 0. The first-order chi connectivity index (χ1) is 8.78. The van der Waals surface area contributed by atoms with Gasteiger partial charge in [0.2, 0.25) is 0 Å². The largest absolute Gasteiger partial charge is 0.355 e. The molecule has 0 unspecified atom stereocenters. The van der Waals surface area contributed by atoms with Gasteiger partial charge in [0.15, 0.2) is 5.76 Å². The number of nitrogens with zero attached hydrogens (tertiary/aromatic N) is 1. The molecule has 3 aromatic rings. The fourth-order valence-corrected chi connectivity index (χ4v) is 1.98. The van der Waals surface area contributed by atoms with Crippen molar-refractivity contribution in [3.8, 4) is 11.3 Å². The summed E-state index contributed by atoms with van der Waals surface area (Å²) in [5.74, 6) is 0.742. The van der Waals surface area contributed by atoms with Crippen LogP contribution in [0.5, 0.6) is 0 Å². The molecule has 1 aromatic heterocycles. The normalized spacial score (nSPS) is 10.7. The number of aryl methyl sites for hydroxylation is 1. The fourth-order valence-electron chi connectivity index (χ4n) is 1.98. The zero-order valence-electron chi connectivity index (χ0n) is 9.88. The number of aromatic nitrogens is 1. The van der Waals surface area contributed by atoms with Crippen LogP contribution in [-0.4, -0.2) is 11.4 Å². The molecule has 0 fully saturated rings. The molecule has 2 aromatic carbocycles. The number of carbonyl (C=O) groups is 1. The summed E-state index contributed by atoms with van der Waals surface area (Å²) < 4.78 is 5.39. The van der Waals surface area contributed by atoms with Gasteiger partial charge in [-0.3, -0.25) is 4.79 Å². The molecule has 0 bridgehead atoms.